The molecular weight excluding hydrogens is 358 g/mol. The topological polar surface area (TPSA) is 96.3 Å². The first-order valence-electron chi connectivity index (χ1n) is 10.4. The summed E-state index contributed by atoms with van der Waals surface area (Å²) in [7, 11) is 0. The van der Waals surface area contributed by atoms with Crippen molar-refractivity contribution in [2.24, 2.45) is 0 Å². The molecule has 2 heterocycles. The number of nitrogens with one attached hydrogen (secondary N) is 2. The number of hydrogen-bond donors (Lipinski definition) is 2. The summed E-state index contributed by atoms with van der Waals surface area (Å²) in [6.45, 7) is 7.02. The number of fused-ring (bicyclic) bond motifs is 1. The molecule has 1 aromatic rings. The maximum Gasteiger partial charge on any atom is 0.273 e. The van der Waals surface area contributed by atoms with E-state index in [2.05, 4.69) is 15.6 Å². The van der Waals surface area contributed by atoms with Crippen molar-refractivity contribution in [2.45, 2.75) is 77.4 Å². The smallest absolute Gasteiger partial charge is 0.273 e. The van der Waals surface area contributed by atoms with Gasteiger partial charge in [0.1, 0.15) is 11.2 Å². The van der Waals surface area contributed by atoms with Crippen molar-refractivity contribution in [1.82, 2.24) is 25.1 Å². The summed E-state index contributed by atoms with van der Waals surface area (Å²) in [4.78, 5) is 44.8. The Labute approximate surface area is 166 Å². The fraction of sp³-hybridized carbons (Fsp3) is 0.700. The highest BCUT2D eigenvalue weighted by atomic mass is 16.2. The van der Waals surface area contributed by atoms with Crippen LogP contribution in [0.4, 0.5) is 0 Å². The highest BCUT2D eigenvalue weighted by Gasteiger charge is 2.48. The number of hydrogen-bond acceptors (Lipinski definition) is 4. The van der Waals surface area contributed by atoms with Crippen LogP contribution in [0.25, 0.3) is 0 Å². The van der Waals surface area contributed by atoms with E-state index in [9.17, 15) is 14.4 Å². The normalized spacial score (nSPS) is 22.2. The molecule has 1 atom stereocenters. The SMILES string of the molecule is CCCNC(=O)c1ncn2c1C(=O)N(CCC)C(C)(C(=O)NC1CCCC1)C2. The minimum Gasteiger partial charge on any atom is -0.351 e. The molecule has 0 bridgehead atoms. The van der Waals surface area contributed by atoms with Crippen LogP contribution in [-0.4, -0.2) is 56.8 Å². The van der Waals surface area contributed by atoms with E-state index >= 15 is 0 Å². The van der Waals surface area contributed by atoms with Crippen molar-refractivity contribution in [3.05, 3.63) is 17.7 Å². The molecule has 0 spiro atoms. The van der Waals surface area contributed by atoms with E-state index in [1.807, 2.05) is 20.8 Å². The zero-order valence-electron chi connectivity index (χ0n) is 17.1. The summed E-state index contributed by atoms with van der Waals surface area (Å²) in [6, 6.07) is 0.183. The van der Waals surface area contributed by atoms with E-state index in [0.717, 1.165) is 38.5 Å². The average Bonchev–Trinajstić information content (AvgIpc) is 3.32. The molecule has 8 nitrogen and oxygen atoms in total. The Morgan fingerprint density at radius 1 is 1.25 bits per heavy atom. The number of carbonyl (C=O) groups excluding carboxylic acids is 3. The Kier molecular flexibility index (Phi) is 6.05. The fourth-order valence-electron chi connectivity index (χ4n) is 4.16. The van der Waals surface area contributed by atoms with Crippen LogP contribution in [0.5, 0.6) is 0 Å². The number of nitrogens with zero attached hydrogens (tertiary/aromatic N) is 3. The third kappa shape index (κ3) is 3.64. The van der Waals surface area contributed by atoms with E-state index in [-0.39, 0.29) is 35.2 Å². The molecule has 1 aliphatic heterocycles. The van der Waals surface area contributed by atoms with Gasteiger partial charge >= 0.3 is 0 Å². The summed E-state index contributed by atoms with van der Waals surface area (Å²) >= 11 is 0. The second-order valence-electron chi connectivity index (χ2n) is 8.01. The zero-order chi connectivity index (χ0) is 20.3. The first kappa shape index (κ1) is 20.4. The Balaban J connectivity index is 1.90. The summed E-state index contributed by atoms with van der Waals surface area (Å²) in [5, 5.41) is 5.92. The van der Waals surface area contributed by atoms with Gasteiger partial charge in [0.05, 0.1) is 12.9 Å². The molecule has 28 heavy (non-hydrogen) atoms. The molecule has 1 aliphatic carbocycles. The monoisotopic (exact) mass is 389 g/mol. The van der Waals surface area contributed by atoms with Gasteiger partial charge in [-0.15, -0.1) is 0 Å². The van der Waals surface area contributed by atoms with Crippen LogP contribution in [0.2, 0.25) is 0 Å². The molecule has 0 saturated heterocycles. The molecule has 1 unspecified atom stereocenters. The molecule has 2 aliphatic rings. The van der Waals surface area contributed by atoms with Gasteiger partial charge in [0.2, 0.25) is 5.91 Å². The van der Waals surface area contributed by atoms with Crippen LogP contribution in [-0.2, 0) is 11.3 Å². The minimum atomic E-state index is -0.999. The minimum absolute atomic E-state index is 0.127. The number of imidazole rings is 1. The quantitative estimate of drug-likeness (QED) is 0.742. The largest absolute Gasteiger partial charge is 0.351 e. The van der Waals surface area contributed by atoms with Crippen LogP contribution in [0.3, 0.4) is 0 Å². The van der Waals surface area contributed by atoms with Gasteiger partial charge in [-0.3, -0.25) is 14.4 Å². The summed E-state index contributed by atoms with van der Waals surface area (Å²) in [5.74, 6) is -0.784. The van der Waals surface area contributed by atoms with E-state index in [4.69, 9.17) is 0 Å². The Hall–Kier alpha value is -2.38. The van der Waals surface area contributed by atoms with Crippen LogP contribution < -0.4 is 10.6 Å². The van der Waals surface area contributed by atoms with Crippen LogP contribution in [0.15, 0.2) is 6.33 Å². The van der Waals surface area contributed by atoms with Crippen LogP contribution in [0.1, 0.15) is 80.3 Å². The van der Waals surface area contributed by atoms with E-state index in [1.54, 1.807) is 9.47 Å². The van der Waals surface area contributed by atoms with Gasteiger partial charge in [0, 0.05) is 19.1 Å². The van der Waals surface area contributed by atoms with Crippen molar-refractivity contribution >= 4 is 17.7 Å². The molecule has 3 amide bonds. The third-order valence-corrected chi connectivity index (χ3v) is 5.74. The first-order valence-corrected chi connectivity index (χ1v) is 10.4. The van der Waals surface area contributed by atoms with Gasteiger partial charge in [0.15, 0.2) is 5.69 Å². The molecule has 3 rings (SSSR count). The maximum absolute atomic E-state index is 13.3. The standard InChI is InChI=1S/C20H31N5O3/c1-4-10-21-17(26)15-16-18(27)25(11-5-2)20(3,12-24(16)13-22-15)19(28)23-14-8-6-7-9-14/h13-14H,4-12H2,1-3H3,(H,21,26)(H,23,28). The highest BCUT2D eigenvalue weighted by molar-refractivity contribution is 6.07. The lowest BCUT2D eigenvalue weighted by atomic mass is 9.93. The van der Waals surface area contributed by atoms with Gasteiger partial charge in [-0.05, 0) is 32.6 Å². The molecule has 1 saturated carbocycles. The van der Waals surface area contributed by atoms with Gasteiger partial charge in [-0.25, -0.2) is 4.98 Å². The molecule has 0 aromatic carbocycles. The van der Waals surface area contributed by atoms with Crippen molar-refractivity contribution in [3.8, 4) is 0 Å². The summed E-state index contributed by atoms with van der Waals surface area (Å²) in [5.41, 5.74) is -0.591. The molecule has 8 heteroatoms. The van der Waals surface area contributed by atoms with Crippen molar-refractivity contribution in [1.29, 1.82) is 0 Å². The maximum atomic E-state index is 13.3. The van der Waals surface area contributed by atoms with Crippen molar-refractivity contribution in [2.75, 3.05) is 13.1 Å². The Morgan fingerprint density at radius 3 is 2.61 bits per heavy atom. The average molecular weight is 390 g/mol. The lowest BCUT2D eigenvalue weighted by Gasteiger charge is -2.44. The third-order valence-electron chi connectivity index (χ3n) is 5.74. The molecule has 2 N–H and O–H groups in total. The fourth-order valence-corrected chi connectivity index (χ4v) is 4.16. The highest BCUT2D eigenvalue weighted by Crippen LogP contribution is 2.30. The lowest BCUT2D eigenvalue weighted by molar-refractivity contribution is -0.133. The molecule has 154 valence electrons. The Bertz CT molecular complexity index is 753. The Morgan fingerprint density at radius 2 is 1.96 bits per heavy atom. The molecule has 0 radical (unpaired) electrons. The van der Waals surface area contributed by atoms with Crippen molar-refractivity contribution in [3.63, 3.8) is 0 Å². The molecular formula is C20H31N5O3. The van der Waals surface area contributed by atoms with E-state index in [1.165, 1.54) is 6.33 Å². The zero-order valence-corrected chi connectivity index (χ0v) is 17.1. The van der Waals surface area contributed by atoms with Gasteiger partial charge in [0.25, 0.3) is 11.8 Å². The molecule has 1 fully saturated rings. The predicted molar refractivity (Wildman–Crippen MR) is 105 cm³/mol. The number of rotatable bonds is 7. The lowest BCUT2D eigenvalue weighted by Crippen LogP contribution is -2.65. The van der Waals surface area contributed by atoms with Gasteiger partial charge in [-0.2, -0.15) is 0 Å². The summed E-state index contributed by atoms with van der Waals surface area (Å²) < 4.78 is 1.66. The van der Waals surface area contributed by atoms with Crippen molar-refractivity contribution < 1.29 is 14.4 Å². The van der Waals surface area contributed by atoms with Gasteiger partial charge < -0.3 is 20.1 Å². The number of aromatic nitrogens is 2. The molecule has 1 aromatic heterocycles. The predicted octanol–water partition coefficient (Wildman–Crippen LogP) is 1.71. The van der Waals surface area contributed by atoms with E-state index in [0.29, 0.717) is 19.6 Å². The second-order valence-corrected chi connectivity index (χ2v) is 8.01. The van der Waals surface area contributed by atoms with E-state index < -0.39 is 5.54 Å². The number of amides is 3. The van der Waals surface area contributed by atoms with Crippen LogP contribution >= 0.6 is 0 Å². The second kappa shape index (κ2) is 8.32. The summed E-state index contributed by atoms with van der Waals surface area (Å²) in [6.07, 6.45) is 7.25. The van der Waals surface area contributed by atoms with Crippen LogP contribution in [0, 0.1) is 0 Å². The van der Waals surface area contributed by atoms with Gasteiger partial charge in [-0.1, -0.05) is 26.7 Å². The first-order chi connectivity index (χ1) is 13.4. The number of carbonyl (C=O) groups is 3.